The van der Waals surface area contributed by atoms with E-state index in [0.717, 1.165) is 15.9 Å². The number of carbonyl (C=O) groups excluding carboxylic acids is 1. The number of thiocarbonyl (C=S) groups is 1. The number of anilines is 1. The predicted molar refractivity (Wildman–Crippen MR) is 104 cm³/mol. The fourth-order valence-corrected chi connectivity index (χ4v) is 2.91. The summed E-state index contributed by atoms with van der Waals surface area (Å²) in [6, 6.07) is 17.6. The molecule has 2 aromatic rings. The van der Waals surface area contributed by atoms with Gasteiger partial charge < -0.3 is 5.32 Å². The van der Waals surface area contributed by atoms with E-state index in [9.17, 15) is 4.79 Å². The Morgan fingerprint density at radius 3 is 2.43 bits per heavy atom. The zero-order valence-corrected chi connectivity index (χ0v) is 15.4. The largest absolute Gasteiger partial charge is 0.331 e. The van der Waals surface area contributed by atoms with Gasteiger partial charge in [-0.25, -0.2) is 0 Å². The second-order valence-electron chi connectivity index (χ2n) is 4.61. The zero-order chi connectivity index (χ0) is 16.5. The lowest BCUT2D eigenvalue weighted by atomic mass is 10.2. The molecule has 2 rings (SSSR count). The number of hydrogen-bond donors (Lipinski definition) is 3. The van der Waals surface area contributed by atoms with Crippen LogP contribution in [-0.2, 0) is 10.5 Å². The van der Waals surface area contributed by atoms with Crippen molar-refractivity contribution in [2.45, 2.75) is 5.75 Å². The number of amides is 1. The minimum atomic E-state index is -0.120. The van der Waals surface area contributed by atoms with Gasteiger partial charge in [0.2, 0.25) is 5.91 Å². The average Bonchev–Trinajstić information content (AvgIpc) is 2.56. The lowest BCUT2D eigenvalue weighted by Gasteiger charge is -2.11. The maximum absolute atomic E-state index is 11.7. The number of nitrogens with one attached hydrogen (secondary N) is 3. The quantitative estimate of drug-likeness (QED) is 0.519. The van der Waals surface area contributed by atoms with Crippen LogP contribution in [0.25, 0.3) is 0 Å². The Labute approximate surface area is 153 Å². The molecule has 23 heavy (non-hydrogen) atoms. The Balaban J connectivity index is 1.63. The summed E-state index contributed by atoms with van der Waals surface area (Å²) in [6.07, 6.45) is 0. The Kier molecular flexibility index (Phi) is 7.38. The first-order chi connectivity index (χ1) is 11.1. The molecule has 0 aliphatic rings. The lowest BCUT2D eigenvalue weighted by molar-refractivity contribution is -0.119. The molecule has 0 spiro atoms. The Morgan fingerprint density at radius 2 is 1.74 bits per heavy atom. The highest BCUT2D eigenvalue weighted by Crippen LogP contribution is 2.14. The molecule has 0 radical (unpaired) electrons. The number of hydrazine groups is 1. The maximum Gasteiger partial charge on any atom is 0.248 e. The standard InChI is InChI=1S/C16H16BrN3OS2/c17-13-6-8-14(9-7-13)18-16(22)20-19-15(21)11-23-10-12-4-2-1-3-5-12/h1-9H,10-11H2,(H,19,21)(H2,18,20,22). The average molecular weight is 410 g/mol. The summed E-state index contributed by atoms with van der Waals surface area (Å²) < 4.78 is 0.991. The molecule has 4 nitrogen and oxygen atoms in total. The maximum atomic E-state index is 11.7. The molecule has 120 valence electrons. The van der Waals surface area contributed by atoms with E-state index in [-0.39, 0.29) is 5.91 Å². The van der Waals surface area contributed by atoms with Crippen molar-refractivity contribution in [3.8, 4) is 0 Å². The van der Waals surface area contributed by atoms with Crippen molar-refractivity contribution in [1.29, 1.82) is 0 Å². The van der Waals surface area contributed by atoms with E-state index < -0.39 is 0 Å². The molecular formula is C16H16BrN3OS2. The Morgan fingerprint density at radius 1 is 1.04 bits per heavy atom. The summed E-state index contributed by atoms with van der Waals surface area (Å²) in [7, 11) is 0. The summed E-state index contributed by atoms with van der Waals surface area (Å²) >= 11 is 10.0. The molecule has 0 atom stereocenters. The first-order valence-electron chi connectivity index (χ1n) is 6.86. The summed E-state index contributed by atoms with van der Waals surface area (Å²) in [5.41, 5.74) is 7.31. The summed E-state index contributed by atoms with van der Waals surface area (Å²) in [5.74, 6) is 1.05. The summed E-state index contributed by atoms with van der Waals surface area (Å²) in [5, 5.41) is 3.33. The predicted octanol–water partition coefficient (Wildman–Crippen LogP) is 3.70. The molecule has 0 heterocycles. The first-order valence-corrected chi connectivity index (χ1v) is 9.22. The van der Waals surface area contributed by atoms with Crippen molar-refractivity contribution in [3.05, 3.63) is 64.6 Å². The third-order valence-electron chi connectivity index (χ3n) is 2.76. The van der Waals surface area contributed by atoms with Crippen molar-refractivity contribution in [1.82, 2.24) is 10.9 Å². The van der Waals surface area contributed by atoms with Gasteiger partial charge in [-0.2, -0.15) is 0 Å². The van der Waals surface area contributed by atoms with Gasteiger partial charge in [-0.3, -0.25) is 15.6 Å². The molecule has 3 N–H and O–H groups in total. The minimum Gasteiger partial charge on any atom is -0.331 e. The van der Waals surface area contributed by atoms with Crippen LogP contribution in [0.3, 0.4) is 0 Å². The van der Waals surface area contributed by atoms with E-state index in [0.29, 0.717) is 10.9 Å². The zero-order valence-electron chi connectivity index (χ0n) is 12.2. The summed E-state index contributed by atoms with van der Waals surface area (Å²) in [4.78, 5) is 11.7. The van der Waals surface area contributed by atoms with Gasteiger partial charge in [-0.1, -0.05) is 46.3 Å². The van der Waals surface area contributed by atoms with Gasteiger partial charge in [-0.05, 0) is 42.0 Å². The third-order valence-corrected chi connectivity index (χ3v) is 4.50. The van der Waals surface area contributed by atoms with Gasteiger partial charge in [0.1, 0.15) is 0 Å². The van der Waals surface area contributed by atoms with Crippen LogP contribution >= 0.6 is 39.9 Å². The lowest BCUT2D eigenvalue weighted by Crippen LogP contribution is -2.44. The fourth-order valence-electron chi connectivity index (χ4n) is 1.69. The first kappa shape index (κ1) is 17.8. The van der Waals surface area contributed by atoms with Crippen molar-refractivity contribution in [2.24, 2.45) is 0 Å². The normalized spacial score (nSPS) is 9.96. The third kappa shape index (κ3) is 7.02. The van der Waals surface area contributed by atoms with Crippen LogP contribution in [0.2, 0.25) is 0 Å². The molecule has 0 aliphatic heterocycles. The van der Waals surface area contributed by atoms with Crippen molar-refractivity contribution >= 4 is 56.6 Å². The fraction of sp³-hybridized carbons (Fsp3) is 0.125. The highest BCUT2D eigenvalue weighted by molar-refractivity contribution is 9.10. The van der Waals surface area contributed by atoms with Crippen LogP contribution in [0.1, 0.15) is 5.56 Å². The molecule has 0 fully saturated rings. The van der Waals surface area contributed by atoms with Crippen molar-refractivity contribution in [3.63, 3.8) is 0 Å². The Bertz CT molecular complexity index is 650. The van der Waals surface area contributed by atoms with Gasteiger partial charge in [0.05, 0.1) is 5.75 Å². The topological polar surface area (TPSA) is 53.2 Å². The number of hydrogen-bond acceptors (Lipinski definition) is 3. The number of carbonyl (C=O) groups is 1. The highest BCUT2D eigenvalue weighted by atomic mass is 79.9. The van der Waals surface area contributed by atoms with Crippen LogP contribution < -0.4 is 16.2 Å². The molecule has 0 saturated carbocycles. The van der Waals surface area contributed by atoms with E-state index in [4.69, 9.17) is 12.2 Å². The summed E-state index contributed by atoms with van der Waals surface area (Å²) in [6.45, 7) is 0. The molecule has 0 saturated heterocycles. The van der Waals surface area contributed by atoms with Gasteiger partial charge in [-0.15, -0.1) is 11.8 Å². The van der Waals surface area contributed by atoms with Crippen LogP contribution in [0.5, 0.6) is 0 Å². The van der Waals surface area contributed by atoms with Gasteiger partial charge in [0, 0.05) is 15.9 Å². The van der Waals surface area contributed by atoms with Gasteiger partial charge >= 0.3 is 0 Å². The van der Waals surface area contributed by atoms with Crippen LogP contribution in [0, 0.1) is 0 Å². The molecule has 7 heteroatoms. The van der Waals surface area contributed by atoms with E-state index in [1.165, 1.54) is 5.56 Å². The highest BCUT2D eigenvalue weighted by Gasteiger charge is 2.03. The van der Waals surface area contributed by atoms with Crippen molar-refractivity contribution < 1.29 is 4.79 Å². The van der Waals surface area contributed by atoms with E-state index in [2.05, 4.69) is 32.1 Å². The smallest absolute Gasteiger partial charge is 0.248 e. The number of benzene rings is 2. The van der Waals surface area contributed by atoms with Gasteiger partial charge in [0.25, 0.3) is 0 Å². The van der Waals surface area contributed by atoms with Crippen LogP contribution in [0.4, 0.5) is 5.69 Å². The molecule has 0 bridgehead atoms. The second kappa shape index (κ2) is 9.54. The number of thioether (sulfide) groups is 1. The second-order valence-corrected chi connectivity index (χ2v) is 6.92. The van der Waals surface area contributed by atoms with Gasteiger partial charge in [0.15, 0.2) is 5.11 Å². The Hall–Kier alpha value is -1.57. The SMILES string of the molecule is O=C(CSCc1ccccc1)NNC(=S)Nc1ccc(Br)cc1. The van der Waals surface area contributed by atoms with E-state index >= 15 is 0 Å². The van der Waals surface area contributed by atoms with Crippen LogP contribution in [-0.4, -0.2) is 16.8 Å². The molecule has 1 amide bonds. The molecular weight excluding hydrogens is 394 g/mol. The molecule has 0 aromatic heterocycles. The molecule has 0 unspecified atom stereocenters. The van der Waals surface area contributed by atoms with E-state index in [1.807, 2.05) is 54.6 Å². The number of rotatable bonds is 5. The van der Waals surface area contributed by atoms with Crippen molar-refractivity contribution in [2.75, 3.05) is 11.1 Å². The molecule has 0 aliphatic carbocycles. The molecule has 2 aromatic carbocycles. The van der Waals surface area contributed by atoms with E-state index in [1.54, 1.807) is 11.8 Å². The minimum absolute atomic E-state index is 0.120. The number of halogens is 1. The monoisotopic (exact) mass is 409 g/mol. The van der Waals surface area contributed by atoms with Crippen LogP contribution in [0.15, 0.2) is 59.1 Å².